The fourth-order valence-electron chi connectivity index (χ4n) is 0.620. The van der Waals surface area contributed by atoms with Gasteiger partial charge in [0.25, 0.3) is 0 Å². The predicted octanol–water partition coefficient (Wildman–Crippen LogP) is 1.32. The molecule has 0 fully saturated rings. The second-order valence-electron chi connectivity index (χ2n) is 2.04. The van der Waals surface area contributed by atoms with Crippen LogP contribution in [0.15, 0.2) is 12.7 Å². The zero-order chi connectivity index (χ0) is 9.84. The molecule has 1 amide bonds. The molecule has 1 aromatic heterocycles. The zero-order valence-electron chi connectivity index (χ0n) is 6.46. The number of H-pyrrole nitrogens is 2. The SMILES string of the molecule is C=CC(=O)Nc1nc(=S)[nH]c(=S)[nH]1. The van der Waals surface area contributed by atoms with Crippen molar-refractivity contribution in [1.82, 2.24) is 15.0 Å². The van der Waals surface area contributed by atoms with E-state index in [-0.39, 0.29) is 16.6 Å². The fraction of sp³-hybridized carbons (Fsp3) is 0. The first-order chi connectivity index (χ1) is 6.11. The number of hydrogen-bond donors (Lipinski definition) is 3. The number of hydrogen-bond acceptors (Lipinski definition) is 4. The highest BCUT2D eigenvalue weighted by Gasteiger charge is 1.97. The van der Waals surface area contributed by atoms with Crippen molar-refractivity contribution in [2.45, 2.75) is 0 Å². The lowest BCUT2D eigenvalue weighted by atomic mass is 10.6. The van der Waals surface area contributed by atoms with E-state index in [1.165, 1.54) is 0 Å². The number of nitrogens with one attached hydrogen (secondary N) is 3. The van der Waals surface area contributed by atoms with Gasteiger partial charge in [0.1, 0.15) is 0 Å². The van der Waals surface area contributed by atoms with Gasteiger partial charge in [0.2, 0.25) is 16.6 Å². The summed E-state index contributed by atoms with van der Waals surface area (Å²) in [5.41, 5.74) is 0. The standard InChI is InChI=1S/C6H6N4OS2/c1-2-3(11)7-4-8-5(12)10-6(13)9-4/h2H,1H2,(H3,7,8,9,10,11,12,13). The number of carbonyl (C=O) groups excluding carboxylic acids is 1. The molecule has 0 aliphatic carbocycles. The van der Waals surface area contributed by atoms with Crippen LogP contribution >= 0.6 is 24.4 Å². The van der Waals surface area contributed by atoms with E-state index in [0.29, 0.717) is 4.77 Å². The van der Waals surface area contributed by atoms with Crippen LogP contribution < -0.4 is 5.32 Å². The number of aromatic amines is 2. The third-order valence-electron chi connectivity index (χ3n) is 1.09. The van der Waals surface area contributed by atoms with Crippen molar-refractivity contribution in [1.29, 1.82) is 0 Å². The van der Waals surface area contributed by atoms with Gasteiger partial charge in [0.15, 0.2) is 4.77 Å². The van der Waals surface area contributed by atoms with E-state index < -0.39 is 0 Å². The van der Waals surface area contributed by atoms with Gasteiger partial charge < -0.3 is 9.97 Å². The Morgan fingerprint density at radius 3 is 2.77 bits per heavy atom. The van der Waals surface area contributed by atoms with Crippen LogP contribution in [0.1, 0.15) is 0 Å². The minimum absolute atomic E-state index is 0.207. The van der Waals surface area contributed by atoms with Gasteiger partial charge in [-0.25, -0.2) is 0 Å². The first-order valence-corrected chi connectivity index (χ1v) is 4.07. The van der Waals surface area contributed by atoms with Gasteiger partial charge in [0, 0.05) is 0 Å². The zero-order valence-corrected chi connectivity index (χ0v) is 8.09. The predicted molar refractivity (Wildman–Crippen MR) is 53.4 cm³/mol. The highest BCUT2D eigenvalue weighted by atomic mass is 32.1. The molecule has 0 spiro atoms. The Morgan fingerprint density at radius 1 is 1.54 bits per heavy atom. The van der Waals surface area contributed by atoms with Crippen LogP contribution in [-0.2, 0) is 4.79 Å². The number of nitrogens with zero attached hydrogens (tertiary/aromatic N) is 1. The molecule has 0 unspecified atom stereocenters. The number of anilines is 1. The smallest absolute Gasteiger partial charge is 0.250 e. The number of rotatable bonds is 2. The van der Waals surface area contributed by atoms with Crippen LogP contribution in [0.2, 0.25) is 0 Å². The molecular formula is C6H6N4OS2. The lowest BCUT2D eigenvalue weighted by molar-refractivity contribution is -0.111. The van der Waals surface area contributed by atoms with E-state index in [9.17, 15) is 4.79 Å². The molecule has 1 rings (SSSR count). The van der Waals surface area contributed by atoms with Crippen LogP contribution in [0.4, 0.5) is 5.95 Å². The third-order valence-corrected chi connectivity index (χ3v) is 1.49. The molecule has 0 aliphatic heterocycles. The Labute approximate surface area is 83.9 Å². The molecule has 0 aliphatic rings. The minimum Gasteiger partial charge on any atom is -0.308 e. The van der Waals surface area contributed by atoms with Crippen LogP contribution in [-0.4, -0.2) is 20.9 Å². The minimum atomic E-state index is -0.376. The second kappa shape index (κ2) is 4.06. The maximum Gasteiger partial charge on any atom is 0.250 e. The van der Waals surface area contributed by atoms with Crippen molar-refractivity contribution in [2.24, 2.45) is 0 Å². The Kier molecular flexibility index (Phi) is 3.04. The Bertz CT molecular complexity index is 418. The Morgan fingerprint density at radius 2 is 2.23 bits per heavy atom. The summed E-state index contributed by atoms with van der Waals surface area (Å²) in [5, 5.41) is 2.40. The Hall–Kier alpha value is -1.34. The molecule has 1 heterocycles. The largest absolute Gasteiger partial charge is 0.308 e. The van der Waals surface area contributed by atoms with Gasteiger partial charge in [0.05, 0.1) is 0 Å². The van der Waals surface area contributed by atoms with Gasteiger partial charge in [-0.15, -0.1) is 0 Å². The summed E-state index contributed by atoms with van der Waals surface area (Å²) >= 11 is 9.53. The van der Waals surface area contributed by atoms with E-state index in [4.69, 9.17) is 24.4 Å². The van der Waals surface area contributed by atoms with E-state index in [0.717, 1.165) is 6.08 Å². The van der Waals surface area contributed by atoms with E-state index in [1.807, 2.05) is 0 Å². The molecule has 0 bridgehead atoms. The molecule has 0 radical (unpaired) electrons. The quantitative estimate of drug-likeness (QED) is 0.513. The number of carbonyl (C=O) groups is 1. The summed E-state index contributed by atoms with van der Waals surface area (Å²) in [6.07, 6.45) is 1.12. The first-order valence-electron chi connectivity index (χ1n) is 3.26. The van der Waals surface area contributed by atoms with Crippen LogP contribution in [0.25, 0.3) is 0 Å². The average molecular weight is 214 g/mol. The lowest BCUT2D eigenvalue weighted by Crippen LogP contribution is -2.11. The van der Waals surface area contributed by atoms with Gasteiger partial charge >= 0.3 is 0 Å². The summed E-state index contributed by atoms with van der Waals surface area (Å²) < 4.78 is 0.516. The second-order valence-corrected chi connectivity index (χ2v) is 2.83. The summed E-state index contributed by atoms with van der Waals surface area (Å²) in [6.45, 7) is 3.29. The molecule has 3 N–H and O–H groups in total. The molecular weight excluding hydrogens is 208 g/mol. The van der Waals surface area contributed by atoms with Crippen molar-refractivity contribution in [3.63, 3.8) is 0 Å². The highest BCUT2D eigenvalue weighted by molar-refractivity contribution is 7.71. The van der Waals surface area contributed by atoms with Crippen molar-refractivity contribution in [2.75, 3.05) is 5.32 Å². The highest BCUT2D eigenvalue weighted by Crippen LogP contribution is 1.95. The molecule has 68 valence electrons. The molecule has 0 saturated carbocycles. The lowest BCUT2D eigenvalue weighted by Gasteiger charge is -1.99. The molecule has 0 saturated heterocycles. The van der Waals surface area contributed by atoms with Crippen molar-refractivity contribution >= 4 is 36.3 Å². The molecule has 13 heavy (non-hydrogen) atoms. The number of amides is 1. The molecule has 1 aromatic rings. The topological polar surface area (TPSA) is 73.6 Å². The summed E-state index contributed by atoms with van der Waals surface area (Å²) in [4.78, 5) is 19.8. The van der Waals surface area contributed by atoms with Crippen molar-refractivity contribution in [3.05, 3.63) is 22.2 Å². The van der Waals surface area contributed by atoms with E-state index in [2.05, 4.69) is 26.8 Å². The van der Waals surface area contributed by atoms with Crippen LogP contribution in [0.5, 0.6) is 0 Å². The van der Waals surface area contributed by atoms with Crippen molar-refractivity contribution < 1.29 is 4.79 Å². The summed E-state index contributed by atoms with van der Waals surface area (Å²) in [5.74, 6) is -0.169. The van der Waals surface area contributed by atoms with Crippen LogP contribution in [0, 0.1) is 9.54 Å². The van der Waals surface area contributed by atoms with E-state index >= 15 is 0 Å². The van der Waals surface area contributed by atoms with E-state index in [1.54, 1.807) is 0 Å². The summed E-state index contributed by atoms with van der Waals surface area (Å²) in [7, 11) is 0. The first kappa shape index (κ1) is 9.75. The average Bonchev–Trinajstić information content (AvgIpc) is 2.02. The van der Waals surface area contributed by atoms with Gasteiger partial charge in [-0.05, 0) is 30.5 Å². The molecule has 0 aromatic carbocycles. The monoisotopic (exact) mass is 214 g/mol. The number of aromatic nitrogens is 3. The maximum absolute atomic E-state index is 10.8. The Balaban J connectivity index is 3.02. The third kappa shape index (κ3) is 2.88. The molecule has 7 heteroatoms. The van der Waals surface area contributed by atoms with Gasteiger partial charge in [-0.2, -0.15) is 4.98 Å². The van der Waals surface area contributed by atoms with Gasteiger partial charge in [-0.3, -0.25) is 10.1 Å². The fourth-order valence-corrected chi connectivity index (χ4v) is 1.07. The van der Waals surface area contributed by atoms with Crippen molar-refractivity contribution in [3.8, 4) is 0 Å². The summed E-state index contributed by atoms with van der Waals surface area (Å²) in [6, 6.07) is 0. The molecule has 0 atom stereocenters. The maximum atomic E-state index is 10.8. The van der Waals surface area contributed by atoms with Crippen LogP contribution in [0.3, 0.4) is 0 Å². The molecule has 5 nitrogen and oxygen atoms in total. The normalized spacial score (nSPS) is 9.23. The van der Waals surface area contributed by atoms with Gasteiger partial charge in [-0.1, -0.05) is 6.58 Å².